The largest absolute Gasteiger partial charge is 0.360 e. The van der Waals surface area contributed by atoms with E-state index in [9.17, 15) is 0 Å². The minimum Gasteiger partial charge on any atom is -0.360 e. The molecule has 0 aliphatic rings. The maximum Gasteiger partial charge on any atom is 0.183 e. The first-order valence-corrected chi connectivity index (χ1v) is 7.29. The number of para-hydroxylation sites is 1. The van der Waals surface area contributed by atoms with Gasteiger partial charge in [-0.05, 0) is 32.2 Å². The summed E-state index contributed by atoms with van der Waals surface area (Å²) < 4.78 is 1.49. The Balaban J connectivity index is 2.10. The highest BCUT2D eigenvalue weighted by molar-refractivity contribution is 7.99. The van der Waals surface area contributed by atoms with E-state index in [0.717, 1.165) is 17.2 Å². The van der Waals surface area contributed by atoms with Gasteiger partial charge in [-0.25, -0.2) is 4.98 Å². The van der Waals surface area contributed by atoms with E-state index in [4.69, 9.17) is 0 Å². The summed E-state index contributed by atoms with van der Waals surface area (Å²) in [6, 6.07) is 8.24. The zero-order chi connectivity index (χ0) is 11.6. The van der Waals surface area contributed by atoms with E-state index in [0.29, 0.717) is 0 Å². The first-order valence-electron chi connectivity index (χ1n) is 5.25. The van der Waals surface area contributed by atoms with E-state index < -0.39 is 0 Å². The van der Waals surface area contributed by atoms with Crippen LogP contribution >= 0.6 is 23.1 Å². The second-order valence-corrected chi connectivity index (χ2v) is 6.85. The quantitative estimate of drug-likeness (QED) is 0.894. The summed E-state index contributed by atoms with van der Waals surface area (Å²) in [6.45, 7) is 5.41. The fourth-order valence-electron chi connectivity index (χ4n) is 1.31. The first-order chi connectivity index (χ1) is 7.61. The van der Waals surface area contributed by atoms with E-state index >= 15 is 0 Å². The van der Waals surface area contributed by atoms with Crippen LogP contribution in [-0.4, -0.2) is 22.5 Å². The lowest BCUT2D eigenvalue weighted by atomic mass is 10.2. The van der Waals surface area contributed by atoms with Crippen LogP contribution in [0.5, 0.6) is 0 Å². The summed E-state index contributed by atoms with van der Waals surface area (Å²) in [5.74, 6) is 0. The molecule has 0 saturated heterocycles. The molecule has 0 fully saturated rings. The highest BCUT2D eigenvalue weighted by Gasteiger charge is 2.16. The molecule has 16 heavy (non-hydrogen) atoms. The molecule has 0 bridgehead atoms. The van der Waals surface area contributed by atoms with Gasteiger partial charge in [0, 0.05) is 11.3 Å². The van der Waals surface area contributed by atoms with Crippen LogP contribution in [0.15, 0.2) is 24.3 Å². The predicted molar refractivity (Wildman–Crippen MR) is 75.7 cm³/mol. The van der Waals surface area contributed by atoms with Crippen LogP contribution < -0.4 is 5.32 Å². The topological polar surface area (TPSA) is 24.9 Å². The number of aromatic nitrogens is 1. The fourth-order valence-corrected chi connectivity index (χ4v) is 2.39. The van der Waals surface area contributed by atoms with Crippen LogP contribution in [0.3, 0.4) is 0 Å². The van der Waals surface area contributed by atoms with E-state index in [2.05, 4.69) is 48.6 Å². The van der Waals surface area contributed by atoms with Gasteiger partial charge in [-0.3, -0.25) is 0 Å². The number of rotatable bonds is 4. The van der Waals surface area contributed by atoms with Crippen molar-refractivity contribution in [1.29, 1.82) is 0 Å². The second kappa shape index (κ2) is 4.63. The van der Waals surface area contributed by atoms with Crippen molar-refractivity contribution in [2.75, 3.05) is 18.1 Å². The Morgan fingerprint density at radius 1 is 1.38 bits per heavy atom. The fraction of sp³-hybridized carbons (Fsp3) is 0.417. The van der Waals surface area contributed by atoms with Crippen LogP contribution in [0, 0.1) is 0 Å². The average Bonchev–Trinajstić information content (AvgIpc) is 2.69. The molecule has 1 aromatic heterocycles. The Hall–Kier alpha value is -0.740. The molecule has 0 unspecified atom stereocenters. The van der Waals surface area contributed by atoms with E-state index in [1.165, 1.54) is 4.70 Å². The molecule has 0 amide bonds. The number of hydrogen-bond donors (Lipinski definition) is 1. The van der Waals surface area contributed by atoms with Crippen molar-refractivity contribution in [2.24, 2.45) is 0 Å². The van der Waals surface area contributed by atoms with Gasteiger partial charge in [0.2, 0.25) is 0 Å². The minimum atomic E-state index is 0.248. The molecule has 0 aliphatic heterocycles. The predicted octanol–water partition coefficient (Wildman–Crippen LogP) is 3.85. The Morgan fingerprint density at radius 3 is 2.81 bits per heavy atom. The molecule has 2 nitrogen and oxygen atoms in total. The monoisotopic (exact) mass is 252 g/mol. The van der Waals surface area contributed by atoms with Gasteiger partial charge in [-0.2, -0.15) is 11.8 Å². The molecule has 2 aromatic rings. The van der Waals surface area contributed by atoms with Gasteiger partial charge in [0.25, 0.3) is 0 Å². The highest BCUT2D eigenvalue weighted by atomic mass is 32.2. The smallest absolute Gasteiger partial charge is 0.183 e. The summed E-state index contributed by atoms with van der Waals surface area (Å²) >= 11 is 3.58. The number of hydrogen-bond acceptors (Lipinski definition) is 4. The second-order valence-electron chi connectivity index (χ2n) is 4.30. The zero-order valence-electron chi connectivity index (χ0n) is 9.78. The molecule has 4 heteroatoms. The van der Waals surface area contributed by atoms with Gasteiger partial charge in [0.1, 0.15) is 0 Å². The molecular formula is C12H16N2S2. The summed E-state index contributed by atoms with van der Waals surface area (Å²) in [4.78, 5) is 4.55. The number of nitrogens with zero attached hydrogens (tertiary/aromatic N) is 1. The number of thiazole rings is 1. The van der Waals surface area contributed by atoms with E-state index in [1.807, 2.05) is 17.8 Å². The van der Waals surface area contributed by atoms with Crippen LogP contribution in [-0.2, 0) is 0 Å². The molecule has 0 saturated carbocycles. The minimum absolute atomic E-state index is 0.248. The van der Waals surface area contributed by atoms with Gasteiger partial charge >= 0.3 is 0 Å². The number of benzene rings is 1. The van der Waals surface area contributed by atoms with Crippen molar-refractivity contribution in [1.82, 2.24) is 4.98 Å². The molecule has 1 aromatic carbocycles. The third-order valence-corrected chi connectivity index (χ3v) is 4.76. The lowest BCUT2D eigenvalue weighted by Gasteiger charge is -2.21. The normalized spacial score (nSPS) is 11.9. The molecule has 2 rings (SSSR count). The van der Waals surface area contributed by atoms with Crippen LogP contribution in [0.4, 0.5) is 5.13 Å². The standard InChI is InChI=1S/C12H16N2S2/c1-12(2,15-3)8-13-11-14-9-6-4-5-7-10(9)16-11/h4-7H,8H2,1-3H3,(H,13,14). The molecule has 1 heterocycles. The number of nitrogens with one attached hydrogen (secondary N) is 1. The highest BCUT2D eigenvalue weighted by Crippen LogP contribution is 2.27. The lowest BCUT2D eigenvalue weighted by Crippen LogP contribution is -2.25. The summed E-state index contributed by atoms with van der Waals surface area (Å²) in [6.07, 6.45) is 2.14. The zero-order valence-corrected chi connectivity index (χ0v) is 11.4. The van der Waals surface area contributed by atoms with Crippen LogP contribution in [0.1, 0.15) is 13.8 Å². The number of thioether (sulfide) groups is 1. The molecule has 0 atom stereocenters. The molecule has 1 N–H and O–H groups in total. The van der Waals surface area contributed by atoms with E-state index in [-0.39, 0.29) is 4.75 Å². The van der Waals surface area contributed by atoms with Crippen molar-refractivity contribution in [3.8, 4) is 0 Å². The van der Waals surface area contributed by atoms with Gasteiger partial charge in [-0.15, -0.1) is 0 Å². The molecule has 86 valence electrons. The Kier molecular flexibility index (Phi) is 3.40. The first kappa shape index (κ1) is 11.7. The summed E-state index contributed by atoms with van der Waals surface area (Å²) in [5.41, 5.74) is 1.08. The third kappa shape index (κ3) is 2.68. The third-order valence-electron chi connectivity index (χ3n) is 2.51. The van der Waals surface area contributed by atoms with Crippen LogP contribution in [0.2, 0.25) is 0 Å². The Labute approximate surface area is 104 Å². The van der Waals surface area contributed by atoms with Gasteiger partial charge in [0.05, 0.1) is 10.2 Å². The van der Waals surface area contributed by atoms with Crippen molar-refractivity contribution in [3.63, 3.8) is 0 Å². The molecule has 0 aliphatic carbocycles. The van der Waals surface area contributed by atoms with Gasteiger partial charge in [0.15, 0.2) is 5.13 Å². The van der Waals surface area contributed by atoms with Gasteiger partial charge < -0.3 is 5.32 Å². The molecular weight excluding hydrogens is 236 g/mol. The van der Waals surface area contributed by atoms with Crippen molar-refractivity contribution >= 4 is 38.4 Å². The summed E-state index contributed by atoms with van der Waals surface area (Å²) in [5, 5.41) is 4.43. The van der Waals surface area contributed by atoms with Crippen LogP contribution in [0.25, 0.3) is 10.2 Å². The molecule has 0 radical (unpaired) electrons. The number of anilines is 1. The van der Waals surface area contributed by atoms with Crippen molar-refractivity contribution in [2.45, 2.75) is 18.6 Å². The Morgan fingerprint density at radius 2 is 2.12 bits per heavy atom. The SMILES string of the molecule is CSC(C)(C)CNc1nc2ccccc2s1. The Bertz CT molecular complexity index is 444. The van der Waals surface area contributed by atoms with E-state index in [1.54, 1.807) is 11.3 Å². The van der Waals surface area contributed by atoms with Gasteiger partial charge in [-0.1, -0.05) is 23.5 Å². The van der Waals surface area contributed by atoms with Crippen molar-refractivity contribution in [3.05, 3.63) is 24.3 Å². The molecule has 0 spiro atoms. The van der Waals surface area contributed by atoms with Crippen molar-refractivity contribution < 1.29 is 0 Å². The maximum atomic E-state index is 4.55. The summed E-state index contributed by atoms with van der Waals surface area (Å²) in [7, 11) is 0. The number of fused-ring (bicyclic) bond motifs is 1. The lowest BCUT2D eigenvalue weighted by molar-refractivity contribution is 0.752. The average molecular weight is 252 g/mol. The maximum absolute atomic E-state index is 4.55.